The molecule has 3 rings (SSSR count). The lowest BCUT2D eigenvalue weighted by molar-refractivity contribution is 0.251. The molecule has 0 saturated carbocycles. The van der Waals surface area contributed by atoms with Crippen LogP contribution in [-0.4, -0.2) is 16.6 Å². The Hall–Kier alpha value is -2.55. The summed E-state index contributed by atoms with van der Waals surface area (Å²) in [7, 11) is 0. The molecule has 0 atom stereocenters. The van der Waals surface area contributed by atoms with E-state index in [1.165, 1.54) is 0 Å². The molecule has 2 aromatic carbocycles. The van der Waals surface area contributed by atoms with E-state index in [2.05, 4.69) is 48.0 Å². The molecule has 2 amide bonds. The maximum atomic E-state index is 12.4. The summed E-state index contributed by atoms with van der Waals surface area (Å²) in [5.74, 6) is 0. The van der Waals surface area contributed by atoms with Crippen LogP contribution in [-0.2, 0) is 13.0 Å². The molecule has 0 aliphatic rings. The summed E-state index contributed by atoms with van der Waals surface area (Å²) in [5.41, 5.74) is 9.20. The van der Waals surface area contributed by atoms with Crippen LogP contribution in [0.4, 0.5) is 16.2 Å². The van der Waals surface area contributed by atoms with Crippen molar-refractivity contribution in [1.82, 2.24) is 15.0 Å². The Kier molecular flexibility index (Phi) is 10.2. The van der Waals surface area contributed by atoms with E-state index in [1.807, 2.05) is 62.5 Å². The minimum atomic E-state index is -0.263. The van der Waals surface area contributed by atoms with Gasteiger partial charge in [0.2, 0.25) is 0 Å². The fourth-order valence-corrected chi connectivity index (χ4v) is 4.61. The third-order valence-corrected chi connectivity index (χ3v) is 6.68. The summed E-state index contributed by atoms with van der Waals surface area (Å²) in [5, 5.41) is 6.91. The Morgan fingerprint density at radius 1 is 1.15 bits per heavy atom. The van der Waals surface area contributed by atoms with Gasteiger partial charge in [-0.2, -0.15) is 0 Å². The van der Waals surface area contributed by atoms with Crippen LogP contribution in [0.15, 0.2) is 53.6 Å². The molecule has 0 unspecified atom stereocenters. The average Bonchev–Trinajstić information content (AvgIpc) is 3.26. The summed E-state index contributed by atoms with van der Waals surface area (Å²) in [6, 6.07) is 13.2. The molecule has 5 N–H and O–H groups in total. The van der Waals surface area contributed by atoms with Gasteiger partial charge in [0.05, 0.1) is 9.88 Å². The minimum absolute atomic E-state index is 0.0530. The Balaban J connectivity index is 0.00000187. The fourth-order valence-electron chi connectivity index (χ4n) is 2.76. The summed E-state index contributed by atoms with van der Waals surface area (Å²) in [4.78, 5) is 19.1. The molecule has 0 radical (unpaired) electrons. The topological polar surface area (TPSA) is 92.1 Å². The van der Waals surface area contributed by atoms with Crippen LogP contribution in [0.2, 0.25) is 0 Å². The van der Waals surface area contributed by atoms with E-state index < -0.39 is 0 Å². The zero-order valence-electron chi connectivity index (χ0n) is 20.3. The van der Waals surface area contributed by atoms with Crippen molar-refractivity contribution in [3.63, 3.8) is 0 Å². The van der Waals surface area contributed by atoms with E-state index in [1.54, 1.807) is 23.3 Å². The lowest BCUT2D eigenvalue weighted by Crippen LogP contribution is -2.30. The number of hydrogen-bond donors (Lipinski definition) is 4. The van der Waals surface area contributed by atoms with E-state index in [0.717, 1.165) is 38.0 Å². The molecule has 1 aromatic heterocycles. The Morgan fingerprint density at radius 2 is 1.91 bits per heavy atom. The maximum Gasteiger partial charge on any atom is 0.319 e. The number of nitrogens with two attached hydrogens (primary N) is 1. The molecular weight excluding hydrogens is 450 g/mol. The Labute approximate surface area is 205 Å². The van der Waals surface area contributed by atoms with Crippen LogP contribution < -0.4 is 21.1 Å². The second kappa shape index (κ2) is 12.6. The molecule has 0 saturated heterocycles. The van der Waals surface area contributed by atoms with E-state index in [4.69, 9.17) is 5.73 Å². The normalized spacial score (nSPS) is 10.8. The predicted octanol–water partition coefficient (Wildman–Crippen LogP) is 6.70. The number of urea groups is 1. The number of hydrogen-bond acceptors (Lipinski definition) is 6. The number of carbonyl (C=O) groups excluding carboxylic acids is 1. The van der Waals surface area contributed by atoms with Crippen LogP contribution >= 0.6 is 23.3 Å². The van der Waals surface area contributed by atoms with Crippen molar-refractivity contribution in [1.29, 1.82) is 0 Å². The van der Waals surface area contributed by atoms with Crippen LogP contribution in [0.25, 0.3) is 10.4 Å². The monoisotopic (exact) mass is 485 g/mol. The highest BCUT2D eigenvalue weighted by Crippen LogP contribution is 2.36. The lowest BCUT2D eigenvalue weighted by Gasteiger charge is -2.21. The van der Waals surface area contributed by atoms with E-state index in [-0.39, 0.29) is 11.6 Å². The second-order valence-electron chi connectivity index (χ2n) is 8.19. The first-order valence-corrected chi connectivity index (χ1v) is 12.8. The number of nitrogen functional groups attached to an aromatic ring is 1. The van der Waals surface area contributed by atoms with Crippen molar-refractivity contribution < 1.29 is 4.79 Å². The Bertz CT molecular complexity index is 1040. The molecule has 1 heterocycles. The van der Waals surface area contributed by atoms with Gasteiger partial charge in [-0.3, -0.25) is 4.72 Å². The van der Waals surface area contributed by atoms with Crippen LogP contribution in [0, 0.1) is 0 Å². The van der Waals surface area contributed by atoms with Gasteiger partial charge in [0.25, 0.3) is 0 Å². The van der Waals surface area contributed by atoms with Crippen LogP contribution in [0.5, 0.6) is 0 Å². The lowest BCUT2D eigenvalue weighted by atomic mass is 10.1. The zero-order valence-corrected chi connectivity index (χ0v) is 21.9. The van der Waals surface area contributed by atoms with E-state index in [0.29, 0.717) is 12.2 Å². The molecule has 0 bridgehead atoms. The summed E-state index contributed by atoms with van der Waals surface area (Å²) < 4.78 is 3.46. The molecule has 0 aliphatic carbocycles. The number of thiazole rings is 1. The van der Waals surface area contributed by atoms with Crippen molar-refractivity contribution in [3.05, 3.63) is 59.2 Å². The van der Waals surface area contributed by atoms with Gasteiger partial charge in [-0.05, 0) is 69.0 Å². The molecule has 178 valence electrons. The molecular formula is C25H35N5OS2. The first kappa shape index (κ1) is 26.7. The van der Waals surface area contributed by atoms with Gasteiger partial charge in [0.15, 0.2) is 0 Å². The summed E-state index contributed by atoms with van der Waals surface area (Å²) >= 11 is 3.26. The highest BCUT2D eigenvalue weighted by atomic mass is 32.2. The number of anilines is 2. The zero-order chi connectivity index (χ0) is 24.4. The quantitative estimate of drug-likeness (QED) is 0.221. The van der Waals surface area contributed by atoms with E-state index in [9.17, 15) is 4.79 Å². The third kappa shape index (κ3) is 8.72. The Morgan fingerprint density at radius 3 is 2.55 bits per heavy atom. The first-order chi connectivity index (χ1) is 15.7. The maximum absolute atomic E-state index is 12.4. The molecule has 0 fully saturated rings. The van der Waals surface area contributed by atoms with Crippen molar-refractivity contribution in [2.24, 2.45) is 0 Å². The summed E-state index contributed by atoms with van der Waals surface area (Å²) in [6.07, 6.45) is 2.84. The number of nitrogens with zero attached hydrogens (tertiary/aromatic N) is 1. The molecule has 8 heteroatoms. The molecule has 0 aliphatic heterocycles. The average molecular weight is 486 g/mol. The number of aryl methyl sites for hydroxylation is 1. The van der Waals surface area contributed by atoms with Crippen LogP contribution in [0.3, 0.4) is 0 Å². The van der Waals surface area contributed by atoms with Gasteiger partial charge in [0.1, 0.15) is 0 Å². The van der Waals surface area contributed by atoms with Gasteiger partial charge in [-0.25, -0.2) is 9.78 Å². The van der Waals surface area contributed by atoms with Crippen LogP contribution in [0.1, 0.15) is 52.1 Å². The largest absolute Gasteiger partial charge is 0.399 e. The molecule has 0 spiro atoms. The number of carbonyl (C=O) groups is 1. The van der Waals surface area contributed by atoms with Gasteiger partial charge in [-0.1, -0.05) is 39.0 Å². The van der Waals surface area contributed by atoms with Gasteiger partial charge in [0, 0.05) is 40.1 Å². The number of amides is 2. The standard InChI is InChI=1S/C23H29N5OS2.C2H6/c1-5-21-25-14-20(30-21)18-10-9-17(12-19(18)31-28-23(2,3)4)27-22(29)26-13-15-7-6-8-16(24)11-15;1-2/h6-12,14,28H,5,13,24H2,1-4H3,(H2,26,27,29);1-2H3. The minimum Gasteiger partial charge on any atom is -0.399 e. The van der Waals surface area contributed by atoms with Crippen molar-refractivity contribution in [2.45, 2.75) is 64.9 Å². The van der Waals surface area contributed by atoms with Crippen molar-refractivity contribution in [3.8, 4) is 10.4 Å². The highest BCUT2D eigenvalue weighted by molar-refractivity contribution is 7.97. The molecule has 3 aromatic rings. The summed E-state index contributed by atoms with van der Waals surface area (Å²) in [6.45, 7) is 12.9. The van der Waals surface area contributed by atoms with Gasteiger partial charge < -0.3 is 16.4 Å². The van der Waals surface area contributed by atoms with Crippen molar-refractivity contribution in [2.75, 3.05) is 11.1 Å². The predicted molar refractivity (Wildman–Crippen MR) is 144 cm³/mol. The SMILES string of the molecule is CC.CCc1ncc(-c2ccc(NC(=O)NCc3cccc(N)c3)cc2SNC(C)(C)C)s1. The second-order valence-corrected chi connectivity index (χ2v) is 10.2. The first-order valence-electron chi connectivity index (χ1n) is 11.2. The number of nitrogens with one attached hydrogen (secondary N) is 3. The number of aromatic nitrogens is 1. The third-order valence-electron chi connectivity index (χ3n) is 4.23. The van der Waals surface area contributed by atoms with E-state index >= 15 is 0 Å². The van der Waals surface area contributed by atoms with Gasteiger partial charge in [-0.15, -0.1) is 11.3 Å². The fraction of sp³-hybridized carbons (Fsp3) is 0.360. The number of benzene rings is 2. The molecule has 33 heavy (non-hydrogen) atoms. The number of rotatable bonds is 7. The smallest absolute Gasteiger partial charge is 0.319 e. The van der Waals surface area contributed by atoms with Crippen molar-refractivity contribution >= 4 is 40.7 Å². The highest BCUT2D eigenvalue weighted by Gasteiger charge is 2.15. The molecule has 6 nitrogen and oxygen atoms in total. The van der Waals surface area contributed by atoms with Gasteiger partial charge >= 0.3 is 6.03 Å².